The first-order valence-corrected chi connectivity index (χ1v) is 10.6. The van der Waals surface area contributed by atoms with Crippen LogP contribution in [0.25, 0.3) is 5.69 Å². The summed E-state index contributed by atoms with van der Waals surface area (Å²) in [5.41, 5.74) is -1.45. The lowest BCUT2D eigenvalue weighted by atomic mass is 10.1. The molecule has 3 aromatic rings. The summed E-state index contributed by atoms with van der Waals surface area (Å²) in [7, 11) is 0. The summed E-state index contributed by atoms with van der Waals surface area (Å²) in [6.45, 7) is 4.63. The van der Waals surface area contributed by atoms with Gasteiger partial charge in [0.15, 0.2) is 5.69 Å². The summed E-state index contributed by atoms with van der Waals surface area (Å²) in [6.07, 6.45) is -4.02. The maximum absolute atomic E-state index is 13.8. The van der Waals surface area contributed by atoms with Gasteiger partial charge >= 0.3 is 6.18 Å². The zero-order valence-corrected chi connectivity index (χ0v) is 19.1. The minimum absolute atomic E-state index is 0.0672. The molecule has 2 amide bonds. The van der Waals surface area contributed by atoms with E-state index < -0.39 is 23.3 Å². The third-order valence-electron chi connectivity index (χ3n) is 4.86. The van der Waals surface area contributed by atoms with Crippen LogP contribution in [0.4, 0.5) is 18.9 Å². The summed E-state index contributed by atoms with van der Waals surface area (Å²) < 4.78 is 42.1. The van der Waals surface area contributed by atoms with E-state index in [0.717, 1.165) is 6.20 Å². The number of halogens is 5. The van der Waals surface area contributed by atoms with Crippen molar-refractivity contribution in [3.8, 4) is 5.69 Å². The largest absolute Gasteiger partial charge is 0.434 e. The van der Waals surface area contributed by atoms with Crippen molar-refractivity contribution >= 4 is 40.7 Å². The van der Waals surface area contributed by atoms with E-state index in [1.54, 1.807) is 4.90 Å². The van der Waals surface area contributed by atoms with E-state index >= 15 is 0 Å². The van der Waals surface area contributed by atoms with Gasteiger partial charge in [-0.25, -0.2) is 4.68 Å². The summed E-state index contributed by atoms with van der Waals surface area (Å²) in [4.78, 5) is 26.8. The predicted octanol–water partition coefficient (Wildman–Crippen LogP) is 5.93. The quantitative estimate of drug-likeness (QED) is 0.457. The van der Waals surface area contributed by atoms with Gasteiger partial charge in [-0.3, -0.25) is 9.59 Å². The highest BCUT2D eigenvalue weighted by molar-refractivity contribution is 6.34. The normalized spacial score (nSPS) is 11.4. The van der Waals surface area contributed by atoms with Crippen LogP contribution in [-0.4, -0.2) is 39.6 Å². The third kappa shape index (κ3) is 5.31. The van der Waals surface area contributed by atoms with Crippen LogP contribution in [0, 0.1) is 0 Å². The Labute approximate surface area is 197 Å². The standard InChI is InChI=1S/C22H19Cl2F3N4O2/c1-3-30(4-2)21(33)16-10-7-14(11-18(16)24)29-20(32)17-12-28-31(19(17)22(25,26)27)15-8-5-13(23)6-9-15/h5-12H,3-4H2,1-2H3,(H,29,32). The number of anilines is 1. The SMILES string of the molecule is CCN(CC)C(=O)c1ccc(NC(=O)c2cnn(-c3ccc(Cl)cc3)c2C(F)(F)F)cc1Cl. The number of nitrogens with zero attached hydrogens (tertiary/aromatic N) is 3. The molecule has 0 bridgehead atoms. The number of carbonyl (C=O) groups excluding carboxylic acids is 2. The van der Waals surface area contributed by atoms with Crippen molar-refractivity contribution in [1.82, 2.24) is 14.7 Å². The first-order chi connectivity index (χ1) is 15.6. The van der Waals surface area contributed by atoms with Crippen LogP contribution in [0.5, 0.6) is 0 Å². The van der Waals surface area contributed by atoms with E-state index in [9.17, 15) is 22.8 Å². The van der Waals surface area contributed by atoms with Crippen LogP contribution in [0.15, 0.2) is 48.7 Å². The van der Waals surface area contributed by atoms with E-state index in [1.165, 1.54) is 42.5 Å². The van der Waals surface area contributed by atoms with E-state index in [2.05, 4.69) is 10.4 Å². The molecule has 0 radical (unpaired) electrons. The van der Waals surface area contributed by atoms with Crippen molar-refractivity contribution in [2.75, 3.05) is 18.4 Å². The molecule has 11 heteroatoms. The number of benzene rings is 2. The van der Waals surface area contributed by atoms with E-state index in [4.69, 9.17) is 23.2 Å². The Balaban J connectivity index is 1.91. The van der Waals surface area contributed by atoms with Crippen LogP contribution >= 0.6 is 23.2 Å². The summed E-state index contributed by atoms with van der Waals surface area (Å²) in [5, 5.41) is 6.55. The van der Waals surface area contributed by atoms with Crippen molar-refractivity contribution in [2.45, 2.75) is 20.0 Å². The van der Waals surface area contributed by atoms with Crippen molar-refractivity contribution in [2.24, 2.45) is 0 Å². The minimum atomic E-state index is -4.86. The molecule has 0 aliphatic heterocycles. The molecule has 0 fully saturated rings. The number of alkyl halides is 3. The summed E-state index contributed by atoms with van der Waals surface area (Å²) in [5.74, 6) is -1.31. The first kappa shape index (κ1) is 24.6. The van der Waals surface area contributed by atoms with Gasteiger partial charge in [-0.05, 0) is 56.3 Å². The minimum Gasteiger partial charge on any atom is -0.339 e. The fourth-order valence-corrected chi connectivity index (χ4v) is 3.60. The van der Waals surface area contributed by atoms with Gasteiger partial charge in [-0.2, -0.15) is 18.3 Å². The molecule has 1 N–H and O–H groups in total. The third-order valence-corrected chi connectivity index (χ3v) is 5.43. The Morgan fingerprint density at radius 2 is 1.67 bits per heavy atom. The highest BCUT2D eigenvalue weighted by atomic mass is 35.5. The van der Waals surface area contributed by atoms with Crippen LogP contribution in [-0.2, 0) is 6.18 Å². The van der Waals surface area contributed by atoms with Gasteiger partial charge in [0, 0.05) is 23.8 Å². The van der Waals surface area contributed by atoms with Gasteiger partial charge in [0.05, 0.1) is 28.0 Å². The Kier molecular flexibility index (Phi) is 7.34. The van der Waals surface area contributed by atoms with Gasteiger partial charge in [-0.1, -0.05) is 23.2 Å². The van der Waals surface area contributed by atoms with Gasteiger partial charge in [-0.15, -0.1) is 0 Å². The topological polar surface area (TPSA) is 67.2 Å². The lowest BCUT2D eigenvalue weighted by molar-refractivity contribution is -0.143. The van der Waals surface area contributed by atoms with Gasteiger partial charge in [0.25, 0.3) is 11.8 Å². The molecule has 0 unspecified atom stereocenters. The molecule has 6 nitrogen and oxygen atoms in total. The molecule has 0 aliphatic carbocycles. The maximum Gasteiger partial charge on any atom is 0.434 e. The van der Waals surface area contributed by atoms with E-state index in [1.807, 2.05) is 13.8 Å². The van der Waals surface area contributed by atoms with Gasteiger partial charge in [0.1, 0.15) is 0 Å². The van der Waals surface area contributed by atoms with Crippen molar-refractivity contribution in [1.29, 1.82) is 0 Å². The molecule has 0 saturated heterocycles. The fourth-order valence-electron chi connectivity index (χ4n) is 3.21. The first-order valence-electron chi connectivity index (χ1n) is 9.88. The number of nitrogens with one attached hydrogen (secondary N) is 1. The molecule has 1 aromatic heterocycles. The molecule has 0 spiro atoms. The molecule has 1 heterocycles. The lowest BCUT2D eigenvalue weighted by Gasteiger charge is -2.19. The van der Waals surface area contributed by atoms with E-state index in [-0.39, 0.29) is 27.9 Å². The molecule has 2 aromatic carbocycles. The smallest absolute Gasteiger partial charge is 0.339 e. The van der Waals surface area contributed by atoms with E-state index in [0.29, 0.717) is 22.8 Å². The van der Waals surface area contributed by atoms with Crippen LogP contribution in [0.1, 0.15) is 40.3 Å². The molecule has 33 heavy (non-hydrogen) atoms. The summed E-state index contributed by atoms with van der Waals surface area (Å²) in [6, 6.07) is 9.68. The summed E-state index contributed by atoms with van der Waals surface area (Å²) >= 11 is 12.0. The fraction of sp³-hybridized carbons (Fsp3) is 0.227. The van der Waals surface area contributed by atoms with Crippen molar-refractivity contribution in [3.05, 3.63) is 75.5 Å². The predicted molar refractivity (Wildman–Crippen MR) is 120 cm³/mol. The number of amides is 2. The average Bonchev–Trinajstić information content (AvgIpc) is 3.21. The Hall–Kier alpha value is -3.04. The Morgan fingerprint density at radius 1 is 1.03 bits per heavy atom. The number of hydrogen-bond donors (Lipinski definition) is 1. The molecule has 0 saturated carbocycles. The van der Waals surface area contributed by atoms with Crippen LogP contribution in [0.2, 0.25) is 10.0 Å². The number of aromatic nitrogens is 2. The molecule has 3 rings (SSSR count). The van der Waals surface area contributed by atoms with Gasteiger partial charge in [0.2, 0.25) is 0 Å². The number of carbonyl (C=O) groups is 2. The highest BCUT2D eigenvalue weighted by Crippen LogP contribution is 2.34. The monoisotopic (exact) mass is 498 g/mol. The molecular weight excluding hydrogens is 480 g/mol. The molecular formula is C22H19Cl2F3N4O2. The number of rotatable bonds is 6. The molecule has 174 valence electrons. The van der Waals surface area contributed by atoms with Crippen molar-refractivity contribution < 1.29 is 22.8 Å². The second-order valence-corrected chi connectivity index (χ2v) is 7.76. The molecule has 0 atom stereocenters. The second kappa shape index (κ2) is 9.84. The second-order valence-electron chi connectivity index (χ2n) is 6.92. The lowest BCUT2D eigenvalue weighted by Crippen LogP contribution is -2.30. The number of hydrogen-bond acceptors (Lipinski definition) is 3. The Bertz CT molecular complexity index is 1170. The van der Waals surface area contributed by atoms with Gasteiger partial charge < -0.3 is 10.2 Å². The zero-order valence-electron chi connectivity index (χ0n) is 17.6. The average molecular weight is 499 g/mol. The Morgan fingerprint density at radius 3 is 2.21 bits per heavy atom. The maximum atomic E-state index is 13.8. The zero-order chi connectivity index (χ0) is 24.3. The van der Waals surface area contributed by atoms with Crippen molar-refractivity contribution in [3.63, 3.8) is 0 Å². The highest BCUT2D eigenvalue weighted by Gasteiger charge is 2.40. The van der Waals surface area contributed by atoms with Crippen LogP contribution < -0.4 is 5.32 Å². The van der Waals surface area contributed by atoms with Crippen LogP contribution in [0.3, 0.4) is 0 Å². The molecule has 0 aliphatic rings.